The Bertz CT molecular complexity index is 439. The molecule has 17 heavy (non-hydrogen) atoms. The van der Waals surface area contributed by atoms with Crippen molar-refractivity contribution in [1.29, 1.82) is 0 Å². The zero-order valence-electron chi connectivity index (χ0n) is 9.37. The maximum atomic E-state index is 11.0. The molecule has 0 aromatic carbocycles. The van der Waals surface area contributed by atoms with Crippen LogP contribution in [0.15, 0.2) is 6.33 Å². The highest BCUT2D eigenvalue weighted by molar-refractivity contribution is 5.68. The van der Waals surface area contributed by atoms with Crippen LogP contribution in [-0.2, 0) is 4.74 Å². The van der Waals surface area contributed by atoms with Crippen LogP contribution in [0.5, 0.6) is 0 Å². The third-order valence-electron chi connectivity index (χ3n) is 2.55. The molecule has 0 amide bonds. The lowest BCUT2D eigenvalue weighted by molar-refractivity contribution is -0.383. The minimum Gasteiger partial charge on any atom is -0.378 e. The Kier molecular flexibility index (Phi) is 3.05. The fraction of sp³-hybridized carbons (Fsp3) is 0.556. The third-order valence-corrected chi connectivity index (χ3v) is 2.55. The van der Waals surface area contributed by atoms with Crippen molar-refractivity contribution in [3.8, 4) is 0 Å². The number of hydrogen-bond acceptors (Lipinski definition) is 7. The van der Waals surface area contributed by atoms with Crippen LogP contribution in [-0.4, -0.2) is 40.7 Å². The monoisotopic (exact) mass is 239 g/mol. The average molecular weight is 239 g/mol. The second kappa shape index (κ2) is 4.50. The van der Waals surface area contributed by atoms with E-state index in [0.717, 1.165) is 0 Å². The van der Waals surface area contributed by atoms with Crippen LogP contribution in [0, 0.1) is 10.1 Å². The normalized spacial score (nSPS) is 20.3. The van der Waals surface area contributed by atoms with Gasteiger partial charge in [-0.05, 0) is 6.92 Å². The molecule has 0 aliphatic carbocycles. The van der Waals surface area contributed by atoms with E-state index in [0.29, 0.717) is 19.7 Å². The van der Waals surface area contributed by atoms with Gasteiger partial charge in [0.15, 0.2) is 0 Å². The molecule has 0 saturated carbocycles. The van der Waals surface area contributed by atoms with E-state index < -0.39 is 4.92 Å². The van der Waals surface area contributed by atoms with Crippen LogP contribution in [0.25, 0.3) is 0 Å². The fourth-order valence-corrected chi connectivity index (χ4v) is 1.80. The Balaban J connectivity index is 2.37. The van der Waals surface area contributed by atoms with E-state index in [9.17, 15) is 10.1 Å². The van der Waals surface area contributed by atoms with Crippen LogP contribution in [0.4, 0.5) is 17.3 Å². The van der Waals surface area contributed by atoms with Gasteiger partial charge in [-0.15, -0.1) is 0 Å². The van der Waals surface area contributed by atoms with Gasteiger partial charge in [-0.25, -0.2) is 9.97 Å². The van der Waals surface area contributed by atoms with Gasteiger partial charge in [0.25, 0.3) is 0 Å². The first-order valence-electron chi connectivity index (χ1n) is 5.21. The maximum Gasteiger partial charge on any atom is 0.353 e. The molecule has 8 nitrogen and oxygen atoms in total. The first-order valence-corrected chi connectivity index (χ1v) is 5.21. The molecule has 1 atom stereocenters. The van der Waals surface area contributed by atoms with E-state index in [1.54, 1.807) is 4.90 Å². The second-order valence-corrected chi connectivity index (χ2v) is 3.82. The molecule has 8 heteroatoms. The fourth-order valence-electron chi connectivity index (χ4n) is 1.80. The first kappa shape index (κ1) is 11.5. The first-order chi connectivity index (χ1) is 8.09. The molecule has 1 aliphatic rings. The van der Waals surface area contributed by atoms with E-state index in [1.165, 1.54) is 6.33 Å². The number of rotatable bonds is 2. The molecule has 1 aromatic rings. The number of morpholine rings is 1. The van der Waals surface area contributed by atoms with E-state index in [1.807, 2.05) is 6.92 Å². The number of nitro groups is 1. The summed E-state index contributed by atoms with van der Waals surface area (Å²) < 4.78 is 5.37. The molecule has 0 bridgehead atoms. The highest BCUT2D eigenvalue weighted by Crippen LogP contribution is 2.30. The number of anilines is 2. The van der Waals surface area contributed by atoms with Gasteiger partial charge in [-0.1, -0.05) is 0 Å². The van der Waals surface area contributed by atoms with Crippen molar-refractivity contribution in [3.05, 3.63) is 16.4 Å². The summed E-state index contributed by atoms with van der Waals surface area (Å²) in [4.78, 5) is 19.8. The van der Waals surface area contributed by atoms with Gasteiger partial charge >= 0.3 is 5.69 Å². The Morgan fingerprint density at radius 3 is 3.06 bits per heavy atom. The molecular formula is C9H13N5O3. The molecule has 1 unspecified atom stereocenters. The Morgan fingerprint density at radius 2 is 2.41 bits per heavy atom. The topological polar surface area (TPSA) is 107 Å². The summed E-state index contributed by atoms with van der Waals surface area (Å²) in [6.45, 7) is 3.53. The van der Waals surface area contributed by atoms with Gasteiger partial charge in [0.1, 0.15) is 6.33 Å². The van der Waals surface area contributed by atoms with Crippen LogP contribution < -0.4 is 10.6 Å². The zero-order chi connectivity index (χ0) is 12.4. The molecule has 2 rings (SSSR count). The molecule has 2 N–H and O–H groups in total. The van der Waals surface area contributed by atoms with E-state index >= 15 is 0 Å². The van der Waals surface area contributed by atoms with Crippen molar-refractivity contribution in [3.63, 3.8) is 0 Å². The summed E-state index contributed by atoms with van der Waals surface area (Å²) in [7, 11) is 0. The van der Waals surface area contributed by atoms with Crippen molar-refractivity contribution in [2.45, 2.75) is 13.0 Å². The van der Waals surface area contributed by atoms with Gasteiger partial charge in [0.05, 0.1) is 17.6 Å². The van der Waals surface area contributed by atoms with Gasteiger partial charge < -0.3 is 15.4 Å². The van der Waals surface area contributed by atoms with Gasteiger partial charge in [-0.3, -0.25) is 10.1 Å². The third kappa shape index (κ3) is 2.26. The van der Waals surface area contributed by atoms with Crippen molar-refractivity contribution < 1.29 is 9.66 Å². The van der Waals surface area contributed by atoms with Crippen molar-refractivity contribution in [2.75, 3.05) is 30.3 Å². The minimum atomic E-state index is -0.551. The van der Waals surface area contributed by atoms with Crippen molar-refractivity contribution >= 4 is 17.3 Å². The lowest BCUT2D eigenvalue weighted by Crippen LogP contribution is -2.41. The standard InChI is InChI=1S/C9H13N5O3/c1-6-4-13(2-3-17-6)9-7(14(15)16)8(10)11-5-12-9/h5-6H,2-4H2,1H3,(H2,10,11,12). The zero-order valence-corrected chi connectivity index (χ0v) is 9.37. The summed E-state index contributed by atoms with van der Waals surface area (Å²) >= 11 is 0. The SMILES string of the molecule is CC1CN(c2ncnc(N)c2[N+](=O)[O-])CCO1. The Labute approximate surface area is 97.6 Å². The summed E-state index contributed by atoms with van der Waals surface area (Å²) in [5.41, 5.74) is 5.28. The Morgan fingerprint density at radius 1 is 1.65 bits per heavy atom. The number of nitrogens with two attached hydrogens (primary N) is 1. The van der Waals surface area contributed by atoms with Crippen molar-refractivity contribution in [1.82, 2.24) is 9.97 Å². The minimum absolute atomic E-state index is 0.0135. The largest absolute Gasteiger partial charge is 0.378 e. The predicted octanol–water partition coefficient (Wildman–Crippen LogP) is 0.192. The van der Waals surface area contributed by atoms with Crippen LogP contribution in [0.3, 0.4) is 0 Å². The molecule has 1 fully saturated rings. The van der Waals surface area contributed by atoms with E-state index in [2.05, 4.69) is 9.97 Å². The highest BCUT2D eigenvalue weighted by Gasteiger charge is 2.28. The smallest absolute Gasteiger partial charge is 0.353 e. The molecular weight excluding hydrogens is 226 g/mol. The highest BCUT2D eigenvalue weighted by atomic mass is 16.6. The molecule has 0 spiro atoms. The lowest BCUT2D eigenvalue weighted by Gasteiger charge is -2.31. The average Bonchev–Trinajstić information content (AvgIpc) is 2.28. The van der Waals surface area contributed by atoms with E-state index in [4.69, 9.17) is 10.5 Å². The van der Waals surface area contributed by atoms with Crippen LogP contribution in [0.2, 0.25) is 0 Å². The quantitative estimate of drug-likeness (QED) is 0.579. The van der Waals surface area contributed by atoms with Crippen LogP contribution >= 0.6 is 0 Å². The molecule has 1 aliphatic heterocycles. The van der Waals surface area contributed by atoms with Gasteiger partial charge in [-0.2, -0.15) is 0 Å². The molecule has 1 aromatic heterocycles. The van der Waals surface area contributed by atoms with E-state index in [-0.39, 0.29) is 23.4 Å². The number of hydrogen-bond donors (Lipinski definition) is 1. The number of ether oxygens (including phenoxy) is 1. The summed E-state index contributed by atoms with van der Waals surface area (Å²) in [5.74, 6) is 0.150. The number of nitrogen functional groups attached to an aromatic ring is 1. The van der Waals surface area contributed by atoms with Crippen LogP contribution in [0.1, 0.15) is 6.92 Å². The van der Waals surface area contributed by atoms with Gasteiger partial charge in [0.2, 0.25) is 11.6 Å². The Hall–Kier alpha value is -1.96. The predicted molar refractivity (Wildman–Crippen MR) is 60.7 cm³/mol. The molecule has 0 radical (unpaired) electrons. The van der Waals surface area contributed by atoms with Gasteiger partial charge in [0, 0.05) is 13.1 Å². The maximum absolute atomic E-state index is 11.0. The summed E-state index contributed by atoms with van der Waals surface area (Å²) in [6, 6.07) is 0. The molecule has 92 valence electrons. The summed E-state index contributed by atoms with van der Waals surface area (Å²) in [5, 5.41) is 11.0. The number of nitrogens with zero attached hydrogens (tertiary/aromatic N) is 4. The lowest BCUT2D eigenvalue weighted by atomic mass is 10.3. The molecule has 1 saturated heterocycles. The summed E-state index contributed by atoms with van der Waals surface area (Å²) in [6.07, 6.45) is 1.25. The van der Waals surface area contributed by atoms with Crippen molar-refractivity contribution in [2.24, 2.45) is 0 Å². The molecule has 2 heterocycles. The number of aromatic nitrogens is 2. The second-order valence-electron chi connectivity index (χ2n) is 3.82.